The number of rotatable bonds is 4. The zero-order valence-electron chi connectivity index (χ0n) is 17.6. The van der Waals surface area contributed by atoms with Crippen LogP contribution in [0.2, 0.25) is 0 Å². The van der Waals surface area contributed by atoms with Gasteiger partial charge in [-0.3, -0.25) is 9.59 Å². The Balaban J connectivity index is 1.67. The lowest BCUT2D eigenvalue weighted by molar-refractivity contribution is -0.135. The maximum absolute atomic E-state index is 12.8. The summed E-state index contributed by atoms with van der Waals surface area (Å²) in [5.41, 5.74) is 1.14. The summed E-state index contributed by atoms with van der Waals surface area (Å²) in [6.45, 7) is 10.6. The molecule has 1 aliphatic heterocycles. The SMILES string of the molecule is CC(C)(C(=O)Nc1ccc(C(C)(C)C)cc1)C(=O)Nc1ccc2c(c1)OCCO2. The number of ether oxygens (including phenoxy) is 2. The zero-order chi connectivity index (χ0) is 21.2. The summed E-state index contributed by atoms with van der Waals surface area (Å²) < 4.78 is 11.0. The first-order valence-corrected chi connectivity index (χ1v) is 9.70. The van der Waals surface area contributed by atoms with E-state index in [1.54, 1.807) is 32.0 Å². The molecule has 2 N–H and O–H groups in total. The predicted octanol–water partition coefficient (Wildman–Crippen LogP) is 4.36. The number of anilines is 2. The smallest absolute Gasteiger partial charge is 0.239 e. The van der Waals surface area contributed by atoms with Gasteiger partial charge in [-0.15, -0.1) is 0 Å². The molecule has 1 heterocycles. The van der Waals surface area contributed by atoms with E-state index in [0.29, 0.717) is 36.1 Å². The number of amides is 2. The van der Waals surface area contributed by atoms with Gasteiger partial charge in [-0.25, -0.2) is 0 Å². The van der Waals surface area contributed by atoms with Crippen molar-refractivity contribution in [1.29, 1.82) is 0 Å². The van der Waals surface area contributed by atoms with E-state index in [0.717, 1.165) is 0 Å². The summed E-state index contributed by atoms with van der Waals surface area (Å²) in [6.07, 6.45) is 0. The summed E-state index contributed by atoms with van der Waals surface area (Å²) in [5.74, 6) is 0.439. The van der Waals surface area contributed by atoms with Crippen LogP contribution in [0, 0.1) is 5.41 Å². The average Bonchev–Trinajstić information content (AvgIpc) is 2.67. The van der Waals surface area contributed by atoms with Gasteiger partial charge in [0.25, 0.3) is 0 Å². The van der Waals surface area contributed by atoms with Gasteiger partial charge in [-0.1, -0.05) is 32.9 Å². The molecular formula is C23H28N2O4. The third-order valence-electron chi connectivity index (χ3n) is 4.94. The van der Waals surface area contributed by atoms with Gasteiger partial charge in [0.1, 0.15) is 18.6 Å². The van der Waals surface area contributed by atoms with Gasteiger partial charge in [0.15, 0.2) is 11.5 Å². The summed E-state index contributed by atoms with van der Waals surface area (Å²) in [5, 5.41) is 5.63. The molecule has 0 atom stereocenters. The molecule has 0 spiro atoms. The van der Waals surface area contributed by atoms with Gasteiger partial charge in [0.2, 0.25) is 11.8 Å². The summed E-state index contributed by atoms with van der Waals surface area (Å²) >= 11 is 0. The van der Waals surface area contributed by atoms with Crippen LogP contribution in [0.1, 0.15) is 40.2 Å². The van der Waals surface area contributed by atoms with Crippen LogP contribution in [0.5, 0.6) is 11.5 Å². The van der Waals surface area contributed by atoms with E-state index < -0.39 is 11.3 Å². The predicted molar refractivity (Wildman–Crippen MR) is 114 cm³/mol. The first kappa shape index (κ1) is 20.7. The molecule has 29 heavy (non-hydrogen) atoms. The number of fused-ring (bicyclic) bond motifs is 1. The van der Waals surface area contributed by atoms with Crippen LogP contribution in [0.3, 0.4) is 0 Å². The van der Waals surface area contributed by atoms with Crippen LogP contribution in [0.25, 0.3) is 0 Å². The van der Waals surface area contributed by atoms with Crippen LogP contribution in [0.4, 0.5) is 11.4 Å². The lowest BCUT2D eigenvalue weighted by atomic mass is 9.87. The number of hydrogen-bond donors (Lipinski definition) is 2. The fourth-order valence-electron chi connectivity index (χ4n) is 2.85. The van der Waals surface area contributed by atoms with Crippen LogP contribution in [-0.2, 0) is 15.0 Å². The van der Waals surface area contributed by atoms with E-state index in [9.17, 15) is 9.59 Å². The first-order valence-electron chi connectivity index (χ1n) is 9.70. The summed E-state index contributed by atoms with van der Waals surface area (Å²) in [6, 6.07) is 12.8. The number of hydrogen-bond acceptors (Lipinski definition) is 4. The van der Waals surface area contributed by atoms with Crippen LogP contribution in [0.15, 0.2) is 42.5 Å². The molecule has 6 heteroatoms. The van der Waals surface area contributed by atoms with E-state index >= 15 is 0 Å². The van der Waals surface area contributed by atoms with Crippen molar-refractivity contribution in [2.45, 2.75) is 40.0 Å². The molecule has 0 fully saturated rings. The molecule has 0 aromatic heterocycles. The Morgan fingerprint density at radius 3 is 1.86 bits per heavy atom. The molecule has 154 valence electrons. The number of benzene rings is 2. The van der Waals surface area contributed by atoms with Crippen molar-refractivity contribution >= 4 is 23.2 Å². The standard InChI is InChI=1S/C23H28N2O4/c1-22(2,3)15-6-8-16(9-7-15)24-20(26)23(4,5)21(27)25-17-10-11-18-19(14-17)29-13-12-28-18/h6-11,14H,12-13H2,1-5H3,(H,24,26)(H,25,27). The third-order valence-corrected chi connectivity index (χ3v) is 4.94. The molecule has 0 bridgehead atoms. The highest BCUT2D eigenvalue weighted by Gasteiger charge is 2.36. The molecule has 0 aliphatic carbocycles. The van der Waals surface area contributed by atoms with E-state index in [4.69, 9.17) is 9.47 Å². The van der Waals surface area contributed by atoms with E-state index in [1.807, 2.05) is 24.3 Å². The normalized spacial score (nSPS) is 13.6. The topological polar surface area (TPSA) is 76.7 Å². The van der Waals surface area contributed by atoms with Crippen LogP contribution in [-0.4, -0.2) is 25.0 Å². The van der Waals surface area contributed by atoms with Gasteiger partial charge < -0.3 is 20.1 Å². The second kappa shape index (κ2) is 7.78. The highest BCUT2D eigenvalue weighted by Crippen LogP contribution is 2.33. The quantitative estimate of drug-likeness (QED) is 0.753. The summed E-state index contributed by atoms with van der Waals surface area (Å²) in [7, 11) is 0. The molecule has 1 aliphatic rings. The van der Waals surface area contributed by atoms with Crippen molar-refractivity contribution in [1.82, 2.24) is 0 Å². The van der Waals surface area contributed by atoms with Crippen molar-refractivity contribution in [3.05, 3.63) is 48.0 Å². The lowest BCUT2D eigenvalue weighted by Gasteiger charge is -2.24. The van der Waals surface area contributed by atoms with Gasteiger partial charge in [0, 0.05) is 17.4 Å². The highest BCUT2D eigenvalue weighted by molar-refractivity contribution is 6.14. The Bertz CT molecular complexity index is 911. The van der Waals surface area contributed by atoms with Gasteiger partial charge in [0.05, 0.1) is 0 Å². The molecule has 2 aromatic rings. The second-order valence-corrected chi connectivity index (χ2v) is 8.72. The first-order chi connectivity index (χ1) is 13.6. The average molecular weight is 396 g/mol. The molecule has 0 saturated heterocycles. The maximum atomic E-state index is 12.8. The molecule has 2 aromatic carbocycles. The van der Waals surface area contributed by atoms with Gasteiger partial charge in [-0.2, -0.15) is 0 Å². The molecule has 0 radical (unpaired) electrons. The Kier molecular flexibility index (Phi) is 5.55. The largest absolute Gasteiger partial charge is 0.486 e. The van der Waals surface area contributed by atoms with Crippen LogP contribution < -0.4 is 20.1 Å². The molecule has 0 saturated carbocycles. The molecule has 3 rings (SSSR count). The minimum atomic E-state index is -1.27. The minimum absolute atomic E-state index is 0.0331. The van der Waals surface area contributed by atoms with E-state index in [-0.39, 0.29) is 11.3 Å². The maximum Gasteiger partial charge on any atom is 0.239 e. The number of nitrogens with one attached hydrogen (secondary N) is 2. The molecule has 6 nitrogen and oxygen atoms in total. The Hall–Kier alpha value is -3.02. The fourth-order valence-corrected chi connectivity index (χ4v) is 2.85. The van der Waals surface area contributed by atoms with E-state index in [2.05, 4.69) is 31.4 Å². The van der Waals surface area contributed by atoms with Crippen molar-refractivity contribution in [2.75, 3.05) is 23.8 Å². The van der Waals surface area contributed by atoms with Gasteiger partial charge in [-0.05, 0) is 49.1 Å². The lowest BCUT2D eigenvalue weighted by Crippen LogP contribution is -2.41. The highest BCUT2D eigenvalue weighted by atomic mass is 16.6. The zero-order valence-corrected chi connectivity index (χ0v) is 17.6. The van der Waals surface area contributed by atoms with Crippen LogP contribution >= 0.6 is 0 Å². The Morgan fingerprint density at radius 2 is 1.28 bits per heavy atom. The minimum Gasteiger partial charge on any atom is -0.486 e. The number of carbonyl (C=O) groups is 2. The molecule has 0 unspecified atom stereocenters. The van der Waals surface area contributed by atoms with Gasteiger partial charge >= 0.3 is 0 Å². The Morgan fingerprint density at radius 1 is 0.759 bits per heavy atom. The molecule has 2 amide bonds. The summed E-state index contributed by atoms with van der Waals surface area (Å²) in [4.78, 5) is 25.5. The number of carbonyl (C=O) groups excluding carboxylic acids is 2. The third kappa shape index (κ3) is 4.70. The fraction of sp³-hybridized carbons (Fsp3) is 0.391. The van der Waals surface area contributed by atoms with Crippen molar-refractivity contribution < 1.29 is 19.1 Å². The van der Waals surface area contributed by atoms with Crippen molar-refractivity contribution in [2.24, 2.45) is 5.41 Å². The Labute approximate surface area is 171 Å². The second-order valence-electron chi connectivity index (χ2n) is 8.72. The monoisotopic (exact) mass is 396 g/mol. The van der Waals surface area contributed by atoms with Crippen molar-refractivity contribution in [3.63, 3.8) is 0 Å². The van der Waals surface area contributed by atoms with Crippen molar-refractivity contribution in [3.8, 4) is 11.5 Å². The van der Waals surface area contributed by atoms with E-state index in [1.165, 1.54) is 5.56 Å². The molecular weight excluding hydrogens is 368 g/mol.